The molecule has 2 atom stereocenters. The van der Waals surface area contributed by atoms with Gasteiger partial charge in [-0.15, -0.1) is 0 Å². The maximum atomic E-state index is 4.96. The molecule has 0 saturated heterocycles. The smallest absolute Gasteiger partial charge is 0.161 e. The second-order valence-electron chi connectivity index (χ2n) is 5.79. The highest BCUT2D eigenvalue weighted by atomic mass is 32.2. The fraction of sp³-hybridized carbons (Fsp3) is 0.588. The Morgan fingerprint density at radius 1 is 1.20 bits per heavy atom. The standard InChI is InChI=1S/C17H24N2S/c1-3-12-7-5-8-13(4-2)16(12)19-17-18-15-10-6-9-14(15)11-20-17/h5,7-8,14-15H,3-4,6,9-11H2,1-2H3,(H,18,19). The number of amidine groups is 1. The van der Waals surface area contributed by atoms with Crippen molar-refractivity contribution in [1.29, 1.82) is 0 Å². The SMILES string of the molecule is CCc1cccc(CC)c1NC1=NC2CCCC2CS1. The van der Waals surface area contributed by atoms with Crippen molar-refractivity contribution in [3.8, 4) is 0 Å². The summed E-state index contributed by atoms with van der Waals surface area (Å²) >= 11 is 1.91. The first kappa shape index (κ1) is 14.0. The largest absolute Gasteiger partial charge is 0.335 e. The summed E-state index contributed by atoms with van der Waals surface area (Å²) in [7, 11) is 0. The van der Waals surface area contributed by atoms with Crippen molar-refractivity contribution in [3.05, 3.63) is 29.3 Å². The van der Waals surface area contributed by atoms with Gasteiger partial charge in [-0.1, -0.05) is 50.2 Å². The highest BCUT2D eigenvalue weighted by Gasteiger charge is 2.31. The molecule has 1 fully saturated rings. The normalized spacial score (nSPS) is 25.2. The van der Waals surface area contributed by atoms with Gasteiger partial charge in [0.1, 0.15) is 0 Å². The third-order valence-electron chi connectivity index (χ3n) is 4.57. The van der Waals surface area contributed by atoms with Crippen LogP contribution < -0.4 is 5.32 Å². The predicted molar refractivity (Wildman–Crippen MR) is 89.8 cm³/mol. The first-order chi connectivity index (χ1) is 9.81. The van der Waals surface area contributed by atoms with E-state index >= 15 is 0 Å². The first-order valence-electron chi connectivity index (χ1n) is 7.90. The molecule has 3 heteroatoms. The van der Waals surface area contributed by atoms with Crippen LogP contribution in [-0.2, 0) is 12.8 Å². The van der Waals surface area contributed by atoms with Crippen LogP contribution in [0.25, 0.3) is 0 Å². The lowest BCUT2D eigenvalue weighted by molar-refractivity contribution is 0.535. The number of para-hydroxylation sites is 1. The van der Waals surface area contributed by atoms with E-state index in [1.54, 1.807) is 0 Å². The molecule has 1 aliphatic carbocycles. The van der Waals surface area contributed by atoms with Crippen molar-refractivity contribution >= 4 is 22.6 Å². The zero-order valence-corrected chi connectivity index (χ0v) is 13.3. The van der Waals surface area contributed by atoms with Crippen LogP contribution in [0.1, 0.15) is 44.2 Å². The summed E-state index contributed by atoms with van der Waals surface area (Å²) in [6, 6.07) is 7.21. The third-order valence-corrected chi connectivity index (χ3v) is 5.64. The van der Waals surface area contributed by atoms with Gasteiger partial charge in [-0.25, -0.2) is 0 Å². The molecule has 1 N–H and O–H groups in total. The van der Waals surface area contributed by atoms with Crippen molar-refractivity contribution in [1.82, 2.24) is 0 Å². The van der Waals surface area contributed by atoms with Crippen LogP contribution in [0.2, 0.25) is 0 Å². The molecule has 0 bridgehead atoms. The minimum absolute atomic E-state index is 0.581. The molecule has 2 aliphatic rings. The van der Waals surface area contributed by atoms with Gasteiger partial charge >= 0.3 is 0 Å². The van der Waals surface area contributed by atoms with Gasteiger partial charge in [0.2, 0.25) is 0 Å². The van der Waals surface area contributed by atoms with Crippen molar-refractivity contribution in [2.24, 2.45) is 10.9 Å². The molecule has 1 saturated carbocycles. The van der Waals surface area contributed by atoms with E-state index in [2.05, 4.69) is 37.4 Å². The quantitative estimate of drug-likeness (QED) is 0.886. The predicted octanol–water partition coefficient (Wildman–Crippen LogP) is 4.49. The Morgan fingerprint density at radius 3 is 2.65 bits per heavy atom. The van der Waals surface area contributed by atoms with Gasteiger partial charge in [0.15, 0.2) is 5.17 Å². The first-order valence-corrected chi connectivity index (χ1v) is 8.88. The number of hydrogen-bond donors (Lipinski definition) is 1. The number of rotatable bonds is 3. The molecule has 1 aliphatic heterocycles. The Balaban J connectivity index is 1.84. The van der Waals surface area contributed by atoms with E-state index in [4.69, 9.17) is 4.99 Å². The average molecular weight is 288 g/mol. The highest BCUT2D eigenvalue weighted by molar-refractivity contribution is 8.14. The number of hydrogen-bond acceptors (Lipinski definition) is 3. The van der Waals surface area contributed by atoms with Crippen molar-refractivity contribution in [2.75, 3.05) is 11.1 Å². The van der Waals surface area contributed by atoms with Gasteiger partial charge in [-0.3, -0.25) is 4.99 Å². The molecule has 2 unspecified atom stereocenters. The number of thioether (sulfide) groups is 1. The number of benzene rings is 1. The molecule has 2 nitrogen and oxygen atoms in total. The van der Waals surface area contributed by atoms with Crippen LogP contribution >= 0.6 is 11.8 Å². The molecule has 1 aromatic rings. The van der Waals surface area contributed by atoms with Crippen LogP contribution in [-0.4, -0.2) is 17.0 Å². The Hall–Kier alpha value is -0.960. The third kappa shape index (κ3) is 2.73. The molecular formula is C17H24N2S. The van der Waals surface area contributed by atoms with E-state index in [9.17, 15) is 0 Å². The Bertz CT molecular complexity index is 487. The van der Waals surface area contributed by atoms with Gasteiger partial charge in [0, 0.05) is 11.4 Å². The molecular weight excluding hydrogens is 264 g/mol. The Morgan fingerprint density at radius 2 is 1.95 bits per heavy atom. The Kier molecular flexibility index (Phi) is 4.35. The second-order valence-corrected chi connectivity index (χ2v) is 6.80. The summed E-state index contributed by atoms with van der Waals surface area (Å²) in [5.41, 5.74) is 4.11. The van der Waals surface area contributed by atoms with Crippen LogP contribution in [0.3, 0.4) is 0 Å². The fourth-order valence-electron chi connectivity index (χ4n) is 3.33. The van der Waals surface area contributed by atoms with Crippen LogP contribution in [0, 0.1) is 5.92 Å². The summed E-state index contributed by atoms with van der Waals surface area (Å²) in [6.45, 7) is 4.45. The number of anilines is 1. The van der Waals surface area contributed by atoms with Crippen LogP contribution in [0.15, 0.2) is 23.2 Å². The van der Waals surface area contributed by atoms with Gasteiger partial charge in [0.25, 0.3) is 0 Å². The average Bonchev–Trinajstić information content (AvgIpc) is 2.95. The van der Waals surface area contributed by atoms with Gasteiger partial charge in [-0.2, -0.15) is 0 Å². The van der Waals surface area contributed by atoms with Crippen molar-refractivity contribution in [2.45, 2.75) is 52.0 Å². The molecule has 0 aromatic heterocycles. The molecule has 1 heterocycles. The van der Waals surface area contributed by atoms with E-state index in [-0.39, 0.29) is 0 Å². The summed E-state index contributed by atoms with van der Waals surface area (Å²) in [5, 5.41) is 4.79. The summed E-state index contributed by atoms with van der Waals surface area (Å²) in [5.74, 6) is 2.07. The summed E-state index contributed by atoms with van der Waals surface area (Å²) in [4.78, 5) is 4.96. The number of fused-ring (bicyclic) bond motifs is 1. The zero-order chi connectivity index (χ0) is 13.9. The summed E-state index contributed by atoms with van der Waals surface area (Å²) < 4.78 is 0. The second kappa shape index (κ2) is 6.21. The minimum atomic E-state index is 0.581. The molecule has 3 rings (SSSR count). The van der Waals surface area contributed by atoms with Gasteiger partial charge in [-0.05, 0) is 42.7 Å². The van der Waals surface area contributed by atoms with Crippen molar-refractivity contribution in [3.63, 3.8) is 0 Å². The molecule has 0 spiro atoms. The molecule has 1 aromatic carbocycles. The van der Waals surface area contributed by atoms with Gasteiger partial charge < -0.3 is 5.32 Å². The maximum Gasteiger partial charge on any atom is 0.161 e. The fourth-order valence-corrected chi connectivity index (χ4v) is 4.48. The topological polar surface area (TPSA) is 24.4 Å². The lowest BCUT2D eigenvalue weighted by atomic mass is 10.0. The van der Waals surface area contributed by atoms with Gasteiger partial charge in [0.05, 0.1) is 6.04 Å². The van der Waals surface area contributed by atoms with E-state index in [1.165, 1.54) is 41.8 Å². The number of nitrogens with zero attached hydrogens (tertiary/aromatic N) is 1. The highest BCUT2D eigenvalue weighted by Crippen LogP contribution is 2.36. The van der Waals surface area contributed by atoms with E-state index < -0.39 is 0 Å². The van der Waals surface area contributed by atoms with Crippen LogP contribution in [0.5, 0.6) is 0 Å². The number of aryl methyl sites for hydroxylation is 2. The maximum absolute atomic E-state index is 4.96. The van der Waals surface area contributed by atoms with E-state index in [0.29, 0.717) is 6.04 Å². The monoisotopic (exact) mass is 288 g/mol. The van der Waals surface area contributed by atoms with E-state index in [1.807, 2.05) is 11.8 Å². The molecule has 108 valence electrons. The zero-order valence-electron chi connectivity index (χ0n) is 12.5. The molecule has 20 heavy (non-hydrogen) atoms. The minimum Gasteiger partial charge on any atom is -0.335 e. The van der Waals surface area contributed by atoms with E-state index in [0.717, 1.165) is 23.9 Å². The molecule has 0 amide bonds. The van der Waals surface area contributed by atoms with Crippen LogP contribution in [0.4, 0.5) is 5.69 Å². The van der Waals surface area contributed by atoms with Crippen molar-refractivity contribution < 1.29 is 0 Å². The molecule has 0 radical (unpaired) electrons. The number of nitrogens with one attached hydrogen (secondary N) is 1. The number of aliphatic imine (C=N–C) groups is 1. The lowest BCUT2D eigenvalue weighted by Crippen LogP contribution is -2.25. The summed E-state index contributed by atoms with van der Waals surface area (Å²) in [6.07, 6.45) is 6.16. The Labute approximate surface area is 126 Å². The lowest BCUT2D eigenvalue weighted by Gasteiger charge is -2.25.